The van der Waals surface area contributed by atoms with Crippen molar-refractivity contribution in [2.45, 2.75) is 25.7 Å². The molecule has 1 aromatic rings. The third-order valence-electron chi connectivity index (χ3n) is 3.11. The Kier molecular flexibility index (Phi) is 8.42. The van der Waals surface area contributed by atoms with E-state index < -0.39 is 0 Å². The highest BCUT2D eigenvalue weighted by Gasteiger charge is 2.00. The van der Waals surface area contributed by atoms with E-state index in [0.29, 0.717) is 13.0 Å². The standard InChI is InChI=1S/C17H23NO4/c1-21-15-8-6-7-14(13-15)10-11-16(19)18-12-5-3-4-9-17(20)22-2/h6-8,10-11,13H,3-5,9,12H2,1-2H3,(H,18,19)/b11-10+. The summed E-state index contributed by atoms with van der Waals surface area (Å²) in [4.78, 5) is 22.6. The minimum absolute atomic E-state index is 0.129. The molecular weight excluding hydrogens is 282 g/mol. The summed E-state index contributed by atoms with van der Waals surface area (Å²) < 4.78 is 9.68. The first-order valence-electron chi connectivity index (χ1n) is 7.32. The van der Waals surface area contributed by atoms with Gasteiger partial charge in [-0.1, -0.05) is 18.6 Å². The molecule has 0 unspecified atom stereocenters. The van der Waals surface area contributed by atoms with E-state index in [4.69, 9.17) is 4.74 Å². The van der Waals surface area contributed by atoms with Crippen LogP contribution in [0.1, 0.15) is 31.2 Å². The zero-order valence-electron chi connectivity index (χ0n) is 13.1. The number of carbonyl (C=O) groups excluding carboxylic acids is 2. The molecular formula is C17H23NO4. The number of rotatable bonds is 9. The largest absolute Gasteiger partial charge is 0.497 e. The van der Waals surface area contributed by atoms with Crippen LogP contribution in [0.5, 0.6) is 5.75 Å². The van der Waals surface area contributed by atoms with Crippen molar-refractivity contribution in [2.24, 2.45) is 0 Å². The second kappa shape index (κ2) is 10.4. The molecule has 0 fully saturated rings. The first kappa shape index (κ1) is 17.8. The third kappa shape index (κ3) is 7.47. The van der Waals surface area contributed by atoms with E-state index in [0.717, 1.165) is 30.6 Å². The first-order chi connectivity index (χ1) is 10.7. The van der Waals surface area contributed by atoms with Crippen molar-refractivity contribution < 1.29 is 19.1 Å². The first-order valence-corrected chi connectivity index (χ1v) is 7.32. The average molecular weight is 305 g/mol. The van der Waals surface area contributed by atoms with Crippen molar-refractivity contribution in [3.63, 3.8) is 0 Å². The van der Waals surface area contributed by atoms with E-state index in [1.54, 1.807) is 13.2 Å². The summed E-state index contributed by atoms with van der Waals surface area (Å²) in [6.45, 7) is 0.600. The van der Waals surface area contributed by atoms with Gasteiger partial charge in [-0.25, -0.2) is 0 Å². The Morgan fingerprint density at radius 2 is 2.00 bits per heavy atom. The van der Waals surface area contributed by atoms with Crippen molar-refractivity contribution in [3.8, 4) is 5.75 Å². The van der Waals surface area contributed by atoms with Gasteiger partial charge in [0.05, 0.1) is 14.2 Å². The fourth-order valence-corrected chi connectivity index (χ4v) is 1.86. The van der Waals surface area contributed by atoms with Crippen molar-refractivity contribution in [3.05, 3.63) is 35.9 Å². The lowest BCUT2D eigenvalue weighted by Crippen LogP contribution is -2.22. The number of benzene rings is 1. The van der Waals surface area contributed by atoms with Gasteiger partial charge in [-0.2, -0.15) is 0 Å². The number of amides is 1. The molecule has 0 atom stereocenters. The number of carbonyl (C=O) groups is 2. The van der Waals surface area contributed by atoms with Gasteiger partial charge in [-0.15, -0.1) is 0 Å². The van der Waals surface area contributed by atoms with Gasteiger partial charge in [-0.05, 0) is 36.6 Å². The SMILES string of the molecule is COC(=O)CCCCCNC(=O)/C=C/c1cccc(OC)c1. The molecule has 120 valence electrons. The molecule has 0 aromatic heterocycles. The molecule has 0 heterocycles. The van der Waals surface area contributed by atoms with Gasteiger partial charge in [0.1, 0.15) is 5.75 Å². The number of hydrogen-bond acceptors (Lipinski definition) is 4. The van der Waals surface area contributed by atoms with Crippen LogP contribution in [0.25, 0.3) is 6.08 Å². The zero-order chi connectivity index (χ0) is 16.2. The van der Waals surface area contributed by atoms with Gasteiger partial charge >= 0.3 is 5.97 Å². The van der Waals surface area contributed by atoms with Gasteiger partial charge in [0.15, 0.2) is 0 Å². The number of methoxy groups -OCH3 is 2. The summed E-state index contributed by atoms with van der Waals surface area (Å²) in [6.07, 6.45) is 6.19. The predicted molar refractivity (Wildman–Crippen MR) is 85.5 cm³/mol. The van der Waals surface area contributed by atoms with Gasteiger partial charge in [0.25, 0.3) is 0 Å². The Bertz CT molecular complexity index is 511. The lowest BCUT2D eigenvalue weighted by atomic mass is 10.2. The molecule has 1 amide bonds. The molecule has 0 aliphatic rings. The highest BCUT2D eigenvalue weighted by molar-refractivity contribution is 5.91. The molecule has 0 saturated carbocycles. The Balaban J connectivity index is 2.20. The topological polar surface area (TPSA) is 64.6 Å². The second-order valence-electron chi connectivity index (χ2n) is 4.79. The van der Waals surface area contributed by atoms with Crippen molar-refractivity contribution in [1.29, 1.82) is 0 Å². The minimum Gasteiger partial charge on any atom is -0.497 e. The number of unbranched alkanes of at least 4 members (excludes halogenated alkanes) is 2. The lowest BCUT2D eigenvalue weighted by molar-refractivity contribution is -0.140. The molecule has 1 rings (SSSR count). The summed E-state index contributed by atoms with van der Waals surface area (Å²) in [5.41, 5.74) is 0.910. The van der Waals surface area contributed by atoms with Gasteiger partial charge in [0.2, 0.25) is 5.91 Å². The molecule has 0 aliphatic heterocycles. The van der Waals surface area contributed by atoms with E-state index in [2.05, 4.69) is 10.1 Å². The fraction of sp³-hybridized carbons (Fsp3) is 0.412. The molecule has 0 aliphatic carbocycles. The van der Waals surface area contributed by atoms with Gasteiger partial charge < -0.3 is 14.8 Å². The number of nitrogens with one attached hydrogen (secondary N) is 1. The predicted octanol–water partition coefficient (Wildman–Crippen LogP) is 2.56. The van der Waals surface area contributed by atoms with Crippen molar-refractivity contribution in [1.82, 2.24) is 5.32 Å². The molecule has 0 saturated heterocycles. The number of ether oxygens (including phenoxy) is 2. The minimum atomic E-state index is -0.190. The molecule has 5 nitrogen and oxygen atoms in total. The molecule has 1 aromatic carbocycles. The van der Waals surface area contributed by atoms with Gasteiger partial charge in [0, 0.05) is 19.0 Å². The molecule has 0 spiro atoms. The Labute approximate surface area is 131 Å². The van der Waals surface area contributed by atoms with Crippen LogP contribution < -0.4 is 10.1 Å². The van der Waals surface area contributed by atoms with E-state index in [1.165, 1.54) is 13.2 Å². The van der Waals surface area contributed by atoms with Crippen molar-refractivity contribution >= 4 is 18.0 Å². The molecule has 0 bridgehead atoms. The van der Waals surface area contributed by atoms with E-state index >= 15 is 0 Å². The van der Waals surface area contributed by atoms with E-state index in [9.17, 15) is 9.59 Å². The van der Waals surface area contributed by atoms with Crippen LogP contribution in [0.3, 0.4) is 0 Å². The summed E-state index contributed by atoms with van der Waals surface area (Å²) in [7, 11) is 2.99. The Morgan fingerprint density at radius 3 is 2.73 bits per heavy atom. The van der Waals surface area contributed by atoms with Crippen LogP contribution >= 0.6 is 0 Å². The van der Waals surface area contributed by atoms with Crippen molar-refractivity contribution in [2.75, 3.05) is 20.8 Å². The monoisotopic (exact) mass is 305 g/mol. The highest BCUT2D eigenvalue weighted by Crippen LogP contribution is 2.13. The summed E-state index contributed by atoms with van der Waals surface area (Å²) in [5, 5.41) is 2.81. The molecule has 1 N–H and O–H groups in total. The average Bonchev–Trinajstić information content (AvgIpc) is 2.55. The van der Waals surface area contributed by atoms with Crippen LogP contribution in [0.2, 0.25) is 0 Å². The number of esters is 1. The quantitative estimate of drug-likeness (QED) is 0.432. The Hall–Kier alpha value is -2.30. The van der Waals surface area contributed by atoms with Crippen LogP contribution in [0, 0.1) is 0 Å². The normalized spacial score (nSPS) is 10.5. The maximum Gasteiger partial charge on any atom is 0.305 e. The highest BCUT2D eigenvalue weighted by atomic mass is 16.5. The maximum atomic E-state index is 11.7. The smallest absolute Gasteiger partial charge is 0.305 e. The van der Waals surface area contributed by atoms with Crippen LogP contribution in [-0.2, 0) is 14.3 Å². The van der Waals surface area contributed by atoms with E-state index in [1.807, 2.05) is 24.3 Å². The second-order valence-corrected chi connectivity index (χ2v) is 4.79. The summed E-state index contributed by atoms with van der Waals surface area (Å²) in [5.74, 6) is 0.439. The fourth-order valence-electron chi connectivity index (χ4n) is 1.86. The third-order valence-corrected chi connectivity index (χ3v) is 3.11. The summed E-state index contributed by atoms with van der Waals surface area (Å²) >= 11 is 0. The molecule has 22 heavy (non-hydrogen) atoms. The van der Waals surface area contributed by atoms with Gasteiger partial charge in [-0.3, -0.25) is 9.59 Å². The lowest BCUT2D eigenvalue weighted by Gasteiger charge is -2.03. The molecule has 5 heteroatoms. The Morgan fingerprint density at radius 1 is 1.18 bits per heavy atom. The van der Waals surface area contributed by atoms with E-state index in [-0.39, 0.29) is 11.9 Å². The van der Waals surface area contributed by atoms with Crippen LogP contribution in [-0.4, -0.2) is 32.6 Å². The number of hydrogen-bond donors (Lipinski definition) is 1. The maximum absolute atomic E-state index is 11.7. The van der Waals surface area contributed by atoms with Crippen LogP contribution in [0.4, 0.5) is 0 Å². The van der Waals surface area contributed by atoms with Crippen LogP contribution in [0.15, 0.2) is 30.3 Å². The summed E-state index contributed by atoms with van der Waals surface area (Å²) in [6, 6.07) is 7.49. The molecule has 0 radical (unpaired) electrons. The zero-order valence-corrected chi connectivity index (χ0v) is 13.1.